The van der Waals surface area contributed by atoms with Crippen molar-refractivity contribution in [2.45, 2.75) is 26.4 Å². The molecule has 0 N–H and O–H groups in total. The molecule has 0 bridgehead atoms. The zero-order valence-electron chi connectivity index (χ0n) is 13.1. The molecule has 6 heteroatoms. The van der Waals surface area contributed by atoms with E-state index in [0.29, 0.717) is 6.54 Å². The van der Waals surface area contributed by atoms with E-state index >= 15 is 0 Å². The lowest BCUT2D eigenvalue weighted by molar-refractivity contribution is -0.142. The van der Waals surface area contributed by atoms with Gasteiger partial charge in [0.15, 0.2) is 0 Å². The second-order valence-electron chi connectivity index (χ2n) is 4.87. The van der Waals surface area contributed by atoms with E-state index in [4.69, 9.17) is 14.2 Å². The molecule has 0 unspecified atom stereocenters. The molecule has 0 aromatic heterocycles. The average Bonchev–Trinajstić information content (AvgIpc) is 2.47. The summed E-state index contributed by atoms with van der Waals surface area (Å²) >= 11 is 3.44. The predicted molar refractivity (Wildman–Crippen MR) is 84.8 cm³/mol. The largest absolute Gasteiger partial charge is 0.496 e. The highest BCUT2D eigenvalue weighted by atomic mass is 79.9. The van der Waals surface area contributed by atoms with Crippen LogP contribution in [0.15, 0.2) is 16.6 Å². The molecule has 0 saturated heterocycles. The van der Waals surface area contributed by atoms with Crippen LogP contribution in [0.2, 0.25) is 0 Å². The Balaban J connectivity index is 3.04. The minimum atomic E-state index is -0.258. The summed E-state index contributed by atoms with van der Waals surface area (Å²) < 4.78 is 16.3. The van der Waals surface area contributed by atoms with Crippen LogP contribution in [0, 0.1) is 0 Å². The SMILES string of the molecule is COC(=O)CN(Cc1cc(OC)c(Br)cc1OC)C(C)C. The van der Waals surface area contributed by atoms with Crippen LogP contribution in [0.25, 0.3) is 0 Å². The molecule has 1 aromatic carbocycles. The normalized spacial score (nSPS) is 10.9. The van der Waals surface area contributed by atoms with Crippen LogP contribution in [0.4, 0.5) is 0 Å². The van der Waals surface area contributed by atoms with Crippen molar-refractivity contribution in [3.63, 3.8) is 0 Å². The summed E-state index contributed by atoms with van der Waals surface area (Å²) in [4.78, 5) is 13.5. The maximum atomic E-state index is 11.5. The lowest BCUT2D eigenvalue weighted by atomic mass is 10.1. The standard InChI is InChI=1S/C15H22BrNO4/c1-10(2)17(9-15(18)21-5)8-11-6-14(20-4)12(16)7-13(11)19-3/h6-7,10H,8-9H2,1-5H3. The van der Waals surface area contributed by atoms with Gasteiger partial charge in [0.1, 0.15) is 11.5 Å². The monoisotopic (exact) mass is 359 g/mol. The first-order chi connectivity index (χ1) is 9.92. The molecule has 0 atom stereocenters. The van der Waals surface area contributed by atoms with Crippen LogP contribution in [0.1, 0.15) is 19.4 Å². The third kappa shape index (κ3) is 4.89. The molecular formula is C15H22BrNO4. The molecule has 21 heavy (non-hydrogen) atoms. The number of hydrogen-bond acceptors (Lipinski definition) is 5. The molecule has 0 aliphatic carbocycles. The van der Waals surface area contributed by atoms with Crippen molar-refractivity contribution < 1.29 is 19.0 Å². The number of methoxy groups -OCH3 is 3. The predicted octanol–water partition coefficient (Wildman–Crippen LogP) is 2.85. The molecule has 0 fully saturated rings. The molecule has 0 aliphatic heterocycles. The van der Waals surface area contributed by atoms with E-state index in [1.165, 1.54) is 7.11 Å². The van der Waals surface area contributed by atoms with E-state index in [2.05, 4.69) is 15.9 Å². The van der Waals surface area contributed by atoms with Crippen molar-refractivity contribution in [2.24, 2.45) is 0 Å². The van der Waals surface area contributed by atoms with Crippen molar-refractivity contribution in [3.8, 4) is 11.5 Å². The Labute approximate surface area is 134 Å². The fraction of sp³-hybridized carbons (Fsp3) is 0.533. The number of halogens is 1. The third-order valence-electron chi connectivity index (χ3n) is 3.22. The first kappa shape index (κ1) is 17.8. The topological polar surface area (TPSA) is 48.0 Å². The van der Waals surface area contributed by atoms with Crippen molar-refractivity contribution in [2.75, 3.05) is 27.9 Å². The van der Waals surface area contributed by atoms with Crippen LogP contribution >= 0.6 is 15.9 Å². The summed E-state index contributed by atoms with van der Waals surface area (Å²) in [5, 5.41) is 0. The minimum absolute atomic E-state index is 0.198. The maximum Gasteiger partial charge on any atom is 0.319 e. The highest BCUT2D eigenvalue weighted by molar-refractivity contribution is 9.10. The lowest BCUT2D eigenvalue weighted by Crippen LogP contribution is -2.35. The Hall–Kier alpha value is -1.27. The van der Waals surface area contributed by atoms with Gasteiger partial charge in [0.25, 0.3) is 0 Å². The zero-order valence-corrected chi connectivity index (χ0v) is 14.7. The highest BCUT2D eigenvalue weighted by Gasteiger charge is 2.18. The van der Waals surface area contributed by atoms with Crippen molar-refractivity contribution in [1.82, 2.24) is 4.90 Å². The Morgan fingerprint density at radius 2 is 1.81 bits per heavy atom. The average molecular weight is 360 g/mol. The van der Waals surface area contributed by atoms with Crippen LogP contribution in [0.5, 0.6) is 11.5 Å². The fourth-order valence-electron chi connectivity index (χ4n) is 1.92. The number of ether oxygens (including phenoxy) is 3. The van der Waals surface area contributed by atoms with Gasteiger partial charge in [-0.1, -0.05) is 0 Å². The van der Waals surface area contributed by atoms with Gasteiger partial charge in [-0.2, -0.15) is 0 Å². The van der Waals surface area contributed by atoms with Crippen LogP contribution < -0.4 is 9.47 Å². The van der Waals surface area contributed by atoms with Gasteiger partial charge in [-0.15, -0.1) is 0 Å². The number of hydrogen-bond donors (Lipinski definition) is 0. The van der Waals surface area contributed by atoms with Crippen molar-refractivity contribution in [1.29, 1.82) is 0 Å². The number of nitrogens with zero attached hydrogens (tertiary/aromatic N) is 1. The van der Waals surface area contributed by atoms with Crippen molar-refractivity contribution >= 4 is 21.9 Å². The van der Waals surface area contributed by atoms with E-state index in [0.717, 1.165) is 21.5 Å². The molecule has 118 valence electrons. The summed E-state index contributed by atoms with van der Waals surface area (Å²) in [6, 6.07) is 3.98. The quantitative estimate of drug-likeness (QED) is 0.700. The molecule has 0 spiro atoms. The molecule has 0 heterocycles. The summed E-state index contributed by atoms with van der Waals surface area (Å²) in [6.45, 7) is 4.87. The number of carbonyl (C=O) groups excluding carboxylic acids is 1. The van der Waals surface area contributed by atoms with E-state index in [-0.39, 0.29) is 18.6 Å². The molecule has 5 nitrogen and oxygen atoms in total. The number of rotatable bonds is 7. The highest BCUT2D eigenvalue weighted by Crippen LogP contribution is 2.33. The van der Waals surface area contributed by atoms with E-state index in [1.807, 2.05) is 30.9 Å². The Morgan fingerprint density at radius 3 is 2.29 bits per heavy atom. The minimum Gasteiger partial charge on any atom is -0.496 e. The molecule has 1 aromatic rings. The lowest BCUT2D eigenvalue weighted by Gasteiger charge is -2.26. The Kier molecular flexibility index (Phi) is 6.98. The summed E-state index contributed by atoms with van der Waals surface area (Å²) in [6.07, 6.45) is 0. The second-order valence-corrected chi connectivity index (χ2v) is 5.73. The fourth-order valence-corrected chi connectivity index (χ4v) is 2.40. The van der Waals surface area contributed by atoms with Crippen LogP contribution in [0.3, 0.4) is 0 Å². The molecule has 0 aliphatic rings. The molecule has 1 rings (SSSR count). The van der Waals surface area contributed by atoms with Gasteiger partial charge in [-0.3, -0.25) is 9.69 Å². The van der Waals surface area contributed by atoms with Crippen LogP contribution in [-0.2, 0) is 16.1 Å². The third-order valence-corrected chi connectivity index (χ3v) is 3.84. The molecule has 0 saturated carbocycles. The van der Waals surface area contributed by atoms with Crippen LogP contribution in [-0.4, -0.2) is 44.8 Å². The first-order valence-corrected chi connectivity index (χ1v) is 7.43. The number of carbonyl (C=O) groups is 1. The van der Waals surface area contributed by atoms with Gasteiger partial charge >= 0.3 is 5.97 Å². The van der Waals surface area contributed by atoms with E-state index < -0.39 is 0 Å². The van der Waals surface area contributed by atoms with Gasteiger partial charge in [0.2, 0.25) is 0 Å². The Bertz CT molecular complexity index is 491. The first-order valence-electron chi connectivity index (χ1n) is 6.64. The second kappa shape index (κ2) is 8.24. The summed E-state index contributed by atoms with van der Waals surface area (Å²) in [5.41, 5.74) is 0.954. The van der Waals surface area contributed by atoms with Gasteiger partial charge in [0.05, 0.1) is 32.3 Å². The van der Waals surface area contributed by atoms with E-state index in [9.17, 15) is 4.79 Å². The maximum absolute atomic E-state index is 11.5. The van der Waals surface area contributed by atoms with E-state index in [1.54, 1.807) is 14.2 Å². The van der Waals surface area contributed by atoms with Gasteiger partial charge in [-0.05, 0) is 41.9 Å². The van der Waals surface area contributed by atoms with Gasteiger partial charge in [-0.25, -0.2) is 0 Å². The Morgan fingerprint density at radius 1 is 1.19 bits per heavy atom. The smallest absolute Gasteiger partial charge is 0.319 e. The summed E-state index contributed by atoms with van der Waals surface area (Å²) in [7, 11) is 4.63. The van der Waals surface area contributed by atoms with Gasteiger partial charge in [0, 0.05) is 18.2 Å². The molecule has 0 radical (unpaired) electrons. The zero-order chi connectivity index (χ0) is 16.0. The summed E-state index contributed by atoms with van der Waals surface area (Å²) in [5.74, 6) is 1.22. The van der Waals surface area contributed by atoms with Crippen molar-refractivity contribution in [3.05, 3.63) is 22.2 Å². The number of esters is 1. The van der Waals surface area contributed by atoms with Gasteiger partial charge < -0.3 is 14.2 Å². The molecular weight excluding hydrogens is 338 g/mol. The number of benzene rings is 1. The molecule has 0 amide bonds.